The summed E-state index contributed by atoms with van der Waals surface area (Å²) < 4.78 is 4.65. The van der Waals surface area contributed by atoms with Gasteiger partial charge < -0.3 is 34.1 Å². The Kier molecular flexibility index (Phi) is 11.6. The zero-order chi connectivity index (χ0) is 34.5. The third-order valence-corrected chi connectivity index (χ3v) is 10.6. The minimum atomic E-state index is -0.444. The molecule has 2 saturated heterocycles. The van der Waals surface area contributed by atoms with Crippen LogP contribution in [-0.4, -0.2) is 136 Å². The number of benzene rings is 2. The first-order valence-electron chi connectivity index (χ1n) is 17.9. The Morgan fingerprint density at radius 3 is 1.57 bits per heavy atom. The topological polar surface area (TPSA) is 72.2 Å². The Hall–Kier alpha value is -3.41. The number of fused-ring (bicyclic) bond motifs is 6. The van der Waals surface area contributed by atoms with Crippen LogP contribution >= 0.6 is 11.6 Å². The Bertz CT molecular complexity index is 1720. The summed E-state index contributed by atoms with van der Waals surface area (Å²) >= 11 is 5.87. The normalized spacial score (nSPS) is 20.0. The van der Waals surface area contributed by atoms with Gasteiger partial charge in [0.05, 0.1) is 19.1 Å². The van der Waals surface area contributed by atoms with Gasteiger partial charge in [-0.25, -0.2) is 0 Å². The van der Waals surface area contributed by atoms with Crippen molar-refractivity contribution in [2.75, 3.05) is 79.5 Å². The summed E-state index contributed by atoms with van der Waals surface area (Å²) in [5.41, 5.74) is 4.97. The molecule has 49 heavy (non-hydrogen) atoms. The van der Waals surface area contributed by atoms with E-state index in [4.69, 9.17) is 11.6 Å². The van der Waals surface area contributed by atoms with Crippen LogP contribution in [0.5, 0.6) is 0 Å². The van der Waals surface area contributed by atoms with E-state index in [1.165, 1.54) is 46.3 Å². The number of amides is 2. The first-order valence-corrected chi connectivity index (χ1v) is 18.3. The second kappa shape index (κ2) is 16.1. The van der Waals surface area contributed by atoms with Crippen LogP contribution in [0.25, 0.3) is 21.8 Å². The number of rotatable bonds is 3. The van der Waals surface area contributed by atoms with Gasteiger partial charge in [-0.15, -0.1) is 11.6 Å². The Morgan fingerprint density at radius 2 is 1.10 bits per heavy atom. The third-order valence-electron chi connectivity index (χ3n) is 10.4. The molecular formula is C38H53ClN8O2. The van der Waals surface area contributed by atoms with Crippen molar-refractivity contribution in [1.29, 1.82) is 0 Å². The molecule has 0 saturated carbocycles. The molecule has 0 spiro atoms. The van der Waals surface area contributed by atoms with Crippen LogP contribution in [0.15, 0.2) is 60.7 Å². The van der Waals surface area contributed by atoms with Crippen molar-refractivity contribution < 1.29 is 9.59 Å². The number of carbonyl (C=O) groups excluding carboxylic acids is 2. The van der Waals surface area contributed by atoms with E-state index in [0.717, 1.165) is 72.0 Å². The smallest absolute Gasteiger partial charge is 0.240 e. The molecule has 2 aromatic carbocycles. The van der Waals surface area contributed by atoms with Gasteiger partial charge in [0.25, 0.3) is 0 Å². The zero-order valence-electron chi connectivity index (χ0n) is 29.7. The lowest BCUT2D eigenvalue weighted by Crippen LogP contribution is -2.54. The zero-order valence-corrected chi connectivity index (χ0v) is 30.4. The molecule has 0 bridgehead atoms. The lowest BCUT2D eigenvalue weighted by Gasteiger charge is -2.38. The Labute approximate surface area is 296 Å². The fourth-order valence-electron chi connectivity index (χ4n) is 7.35. The molecule has 2 amide bonds. The van der Waals surface area contributed by atoms with E-state index >= 15 is 0 Å². The SMILES string of the molecule is CC(C(=O)N1CCn2c(cc3ccccc32)C1)N1CCN(C)CC1.CC(Cl)C(=O)N1CCn2c(cc3ccccc32)C1.CN1CCNCC1. The lowest BCUT2D eigenvalue weighted by atomic mass is 10.2. The van der Waals surface area contributed by atoms with Crippen LogP contribution in [0.2, 0.25) is 0 Å². The molecule has 0 aliphatic carbocycles. The van der Waals surface area contributed by atoms with Crippen molar-refractivity contribution >= 4 is 45.2 Å². The number of halogens is 1. The molecule has 2 unspecified atom stereocenters. The fourth-order valence-corrected chi connectivity index (χ4v) is 7.49. The first kappa shape index (κ1) is 35.4. The molecule has 10 nitrogen and oxygen atoms in total. The van der Waals surface area contributed by atoms with Crippen molar-refractivity contribution in [3.05, 3.63) is 72.1 Å². The van der Waals surface area contributed by atoms with Crippen LogP contribution in [0, 0.1) is 0 Å². The van der Waals surface area contributed by atoms with E-state index in [0.29, 0.717) is 6.54 Å². The predicted octanol–water partition coefficient (Wildman–Crippen LogP) is 3.75. The summed E-state index contributed by atoms with van der Waals surface area (Å²) in [5.74, 6) is 0.296. The molecule has 4 aliphatic heterocycles. The molecule has 2 aromatic heterocycles. The van der Waals surface area contributed by atoms with E-state index in [9.17, 15) is 9.59 Å². The number of alkyl halides is 1. The van der Waals surface area contributed by atoms with Gasteiger partial charge in [0, 0.05) is 101 Å². The number of hydrogen-bond donors (Lipinski definition) is 1. The van der Waals surface area contributed by atoms with Gasteiger partial charge in [-0.2, -0.15) is 0 Å². The molecule has 0 radical (unpaired) electrons. The maximum atomic E-state index is 13.0. The van der Waals surface area contributed by atoms with Gasteiger partial charge in [-0.1, -0.05) is 36.4 Å². The molecule has 4 aromatic rings. The second-order valence-corrected chi connectivity index (χ2v) is 14.6. The van der Waals surface area contributed by atoms with Crippen molar-refractivity contribution in [2.24, 2.45) is 0 Å². The Balaban J connectivity index is 0.000000146. The molecule has 11 heteroatoms. The van der Waals surface area contributed by atoms with E-state index < -0.39 is 5.38 Å². The van der Waals surface area contributed by atoms with Gasteiger partial charge in [-0.3, -0.25) is 14.5 Å². The number of hydrogen-bond acceptors (Lipinski definition) is 6. The molecule has 2 atom stereocenters. The molecule has 2 fully saturated rings. The minimum absolute atomic E-state index is 0.0189. The summed E-state index contributed by atoms with van der Waals surface area (Å²) in [6, 6.07) is 21.2. The summed E-state index contributed by atoms with van der Waals surface area (Å²) in [6.45, 7) is 17.3. The predicted molar refractivity (Wildman–Crippen MR) is 199 cm³/mol. The number of nitrogens with one attached hydrogen (secondary N) is 1. The monoisotopic (exact) mass is 688 g/mol. The highest BCUT2D eigenvalue weighted by molar-refractivity contribution is 6.30. The number of likely N-dealkylation sites (N-methyl/N-ethyl adjacent to an activating group) is 2. The van der Waals surface area contributed by atoms with Gasteiger partial charge in [-0.05, 0) is 63.0 Å². The van der Waals surface area contributed by atoms with Crippen molar-refractivity contribution in [1.82, 2.24) is 39.0 Å². The third kappa shape index (κ3) is 8.32. The standard InChI is InChI=1S/C19H26N4O.C14H15ClN2O.C5H12N2/c1-15(21-9-7-20(2)8-10-21)19(24)22-11-12-23-17(14-22)13-16-5-3-4-6-18(16)23;1-10(15)14(18)16-6-7-17-12(9-16)8-11-4-2-3-5-13(11)17;1-7-4-2-6-3-5-7/h3-6,13,15H,7-12,14H2,1-2H3;2-5,8,10H,6-7,9H2,1H3;6H,2-5H2,1H3. The molecule has 1 N–H and O–H groups in total. The maximum absolute atomic E-state index is 13.0. The summed E-state index contributed by atoms with van der Waals surface area (Å²) in [7, 11) is 4.30. The largest absolute Gasteiger partial charge is 0.341 e. The molecular weight excluding hydrogens is 636 g/mol. The number of piperazine rings is 2. The van der Waals surface area contributed by atoms with Crippen LogP contribution < -0.4 is 5.32 Å². The van der Waals surface area contributed by atoms with Crippen LogP contribution in [-0.2, 0) is 35.8 Å². The number of carbonyl (C=O) groups is 2. The van der Waals surface area contributed by atoms with E-state index in [2.05, 4.69) is 98.7 Å². The number of para-hydroxylation sites is 2. The molecule has 4 aliphatic rings. The fraction of sp³-hybridized carbons (Fsp3) is 0.526. The van der Waals surface area contributed by atoms with Crippen molar-refractivity contribution in [3.63, 3.8) is 0 Å². The van der Waals surface area contributed by atoms with Gasteiger partial charge >= 0.3 is 0 Å². The number of aromatic nitrogens is 2. The first-order chi connectivity index (χ1) is 23.7. The van der Waals surface area contributed by atoms with E-state index in [1.54, 1.807) is 6.92 Å². The summed E-state index contributed by atoms with van der Waals surface area (Å²) in [5, 5.41) is 5.34. The second-order valence-electron chi connectivity index (χ2n) is 13.9. The quantitative estimate of drug-likeness (QED) is 0.331. The average Bonchev–Trinajstić information content (AvgIpc) is 3.69. The van der Waals surface area contributed by atoms with Gasteiger partial charge in [0.2, 0.25) is 11.8 Å². The van der Waals surface area contributed by atoms with Crippen molar-refractivity contribution in [2.45, 2.75) is 51.4 Å². The van der Waals surface area contributed by atoms with Crippen LogP contribution in [0.3, 0.4) is 0 Å². The van der Waals surface area contributed by atoms with Gasteiger partial charge in [0.1, 0.15) is 5.38 Å². The van der Waals surface area contributed by atoms with E-state index in [-0.39, 0.29) is 17.9 Å². The minimum Gasteiger partial charge on any atom is -0.341 e. The van der Waals surface area contributed by atoms with Crippen LogP contribution in [0.1, 0.15) is 25.2 Å². The Morgan fingerprint density at radius 1 is 0.633 bits per heavy atom. The molecule has 8 rings (SSSR count). The summed E-state index contributed by atoms with van der Waals surface area (Å²) in [4.78, 5) is 35.7. The maximum Gasteiger partial charge on any atom is 0.240 e. The highest BCUT2D eigenvalue weighted by atomic mass is 35.5. The molecule has 6 heterocycles. The highest BCUT2D eigenvalue weighted by Crippen LogP contribution is 2.26. The summed E-state index contributed by atoms with van der Waals surface area (Å²) in [6.07, 6.45) is 0. The van der Waals surface area contributed by atoms with E-state index in [1.807, 2.05) is 21.9 Å². The number of nitrogens with zero attached hydrogens (tertiary/aromatic N) is 7. The lowest BCUT2D eigenvalue weighted by molar-refractivity contribution is -0.138. The van der Waals surface area contributed by atoms with Crippen molar-refractivity contribution in [3.8, 4) is 0 Å². The van der Waals surface area contributed by atoms with Gasteiger partial charge in [0.15, 0.2) is 0 Å². The highest BCUT2D eigenvalue weighted by Gasteiger charge is 2.30. The molecule has 264 valence electrons. The van der Waals surface area contributed by atoms with Crippen LogP contribution in [0.4, 0.5) is 0 Å². The average molecular weight is 689 g/mol.